The first-order chi connectivity index (χ1) is 10.9. The van der Waals surface area contributed by atoms with Gasteiger partial charge in [-0.15, -0.1) is 0 Å². The highest BCUT2D eigenvalue weighted by Crippen LogP contribution is 2.40. The van der Waals surface area contributed by atoms with Crippen molar-refractivity contribution >= 4 is 17.3 Å². The molecule has 0 bridgehead atoms. The lowest BCUT2D eigenvalue weighted by atomic mass is 9.89. The maximum atomic E-state index is 5.66. The highest BCUT2D eigenvalue weighted by Gasteiger charge is 2.37. The molecule has 1 aliphatic carbocycles. The highest BCUT2D eigenvalue weighted by atomic mass is 32.1. The second kappa shape index (κ2) is 5.96. The van der Waals surface area contributed by atoms with E-state index in [-0.39, 0.29) is 0 Å². The zero-order valence-corrected chi connectivity index (χ0v) is 13.6. The van der Waals surface area contributed by atoms with Crippen molar-refractivity contribution in [3.63, 3.8) is 0 Å². The molecule has 3 heterocycles. The minimum absolute atomic E-state index is 0.373. The van der Waals surface area contributed by atoms with E-state index < -0.39 is 0 Å². The fraction of sp³-hybridized carbons (Fsp3) is 0.667. The van der Waals surface area contributed by atoms with E-state index in [0.717, 1.165) is 31.9 Å². The molecule has 0 radical (unpaired) electrons. The van der Waals surface area contributed by atoms with E-state index >= 15 is 0 Å². The molecule has 1 atom stereocenters. The lowest BCUT2D eigenvalue weighted by molar-refractivity contribution is -0.0228. The van der Waals surface area contributed by atoms with Crippen LogP contribution in [0.4, 0.5) is 5.95 Å². The van der Waals surface area contributed by atoms with Crippen molar-refractivity contribution in [2.24, 2.45) is 0 Å². The van der Waals surface area contributed by atoms with Crippen LogP contribution in [-0.4, -0.2) is 39.5 Å². The maximum Gasteiger partial charge on any atom is 0.246 e. The number of hydrogen-bond donors (Lipinski definition) is 0. The summed E-state index contributed by atoms with van der Waals surface area (Å²) in [5, 5.41) is 16.9. The molecule has 7 heteroatoms. The van der Waals surface area contributed by atoms with Gasteiger partial charge in [-0.05, 0) is 65.4 Å². The Hall–Kier alpha value is -1.47. The molecule has 4 rings (SSSR count). The summed E-state index contributed by atoms with van der Waals surface area (Å²) >= 11 is 1.76. The molecule has 2 aromatic heterocycles. The van der Waals surface area contributed by atoms with Crippen molar-refractivity contribution in [3.05, 3.63) is 22.4 Å². The molecule has 1 saturated heterocycles. The Morgan fingerprint density at radius 1 is 1.41 bits per heavy atom. The molecular formula is C15H21N5OS. The number of aromatic nitrogens is 4. The maximum absolute atomic E-state index is 5.66. The minimum atomic E-state index is 0.373. The normalized spacial score (nSPS) is 28.0. The molecule has 118 valence electrons. The average molecular weight is 319 g/mol. The van der Waals surface area contributed by atoms with Gasteiger partial charge in [-0.25, -0.2) is 4.68 Å². The van der Waals surface area contributed by atoms with Crippen molar-refractivity contribution in [2.75, 3.05) is 18.1 Å². The number of nitrogens with zero attached hydrogens (tertiary/aromatic N) is 5. The summed E-state index contributed by atoms with van der Waals surface area (Å²) in [5.41, 5.74) is 1.39. The van der Waals surface area contributed by atoms with E-state index in [9.17, 15) is 0 Å². The fourth-order valence-corrected chi connectivity index (χ4v) is 4.25. The van der Waals surface area contributed by atoms with Crippen LogP contribution >= 0.6 is 11.3 Å². The Morgan fingerprint density at radius 3 is 3.09 bits per heavy atom. The largest absolute Gasteiger partial charge is 0.378 e. The Balaban J connectivity index is 1.53. The third-order valence-electron chi connectivity index (χ3n) is 4.73. The van der Waals surface area contributed by atoms with Crippen molar-refractivity contribution < 1.29 is 4.74 Å². The number of anilines is 1. The summed E-state index contributed by atoms with van der Waals surface area (Å²) in [5.74, 6) is 0.925. The van der Waals surface area contributed by atoms with E-state index in [1.165, 1.54) is 18.4 Å². The van der Waals surface area contributed by atoms with Crippen LogP contribution in [0.2, 0.25) is 0 Å². The number of ether oxygens (including phenoxy) is 1. The third kappa shape index (κ3) is 2.42. The average Bonchev–Trinajstić information content (AvgIpc) is 3.20. The van der Waals surface area contributed by atoms with Gasteiger partial charge in [0, 0.05) is 13.2 Å². The van der Waals surface area contributed by atoms with Gasteiger partial charge >= 0.3 is 0 Å². The number of thiophene rings is 1. The summed E-state index contributed by atoms with van der Waals surface area (Å²) in [6, 6.07) is 3.01. The molecule has 22 heavy (non-hydrogen) atoms. The van der Waals surface area contributed by atoms with E-state index in [2.05, 4.69) is 37.3 Å². The van der Waals surface area contributed by atoms with Crippen LogP contribution in [0.1, 0.15) is 50.3 Å². The standard InChI is InChI=1S/C15H21N5OS/c1-2-21-13-8-12(9-13)20-15(16-17-18-20)19-6-3-4-14(19)11-5-7-22-10-11/h5,7,10,12-14H,2-4,6,8-9H2,1H3. The number of tetrazole rings is 1. The molecule has 6 nitrogen and oxygen atoms in total. The van der Waals surface area contributed by atoms with E-state index in [4.69, 9.17) is 4.74 Å². The van der Waals surface area contributed by atoms with Crippen molar-refractivity contribution in [2.45, 2.75) is 50.8 Å². The molecule has 1 saturated carbocycles. The summed E-state index contributed by atoms with van der Waals surface area (Å²) in [6.07, 6.45) is 4.78. The van der Waals surface area contributed by atoms with Gasteiger partial charge < -0.3 is 9.64 Å². The van der Waals surface area contributed by atoms with Crippen LogP contribution in [0.3, 0.4) is 0 Å². The summed E-state index contributed by atoms with van der Waals surface area (Å²) in [6.45, 7) is 3.86. The highest BCUT2D eigenvalue weighted by molar-refractivity contribution is 7.08. The fourth-order valence-electron chi connectivity index (χ4n) is 3.54. The van der Waals surface area contributed by atoms with Gasteiger partial charge in [0.15, 0.2) is 0 Å². The molecule has 2 aliphatic rings. The van der Waals surface area contributed by atoms with E-state index in [0.29, 0.717) is 18.2 Å². The van der Waals surface area contributed by atoms with Gasteiger partial charge in [-0.1, -0.05) is 5.10 Å². The van der Waals surface area contributed by atoms with Crippen molar-refractivity contribution in [1.29, 1.82) is 0 Å². The van der Waals surface area contributed by atoms with Crippen molar-refractivity contribution in [1.82, 2.24) is 20.2 Å². The zero-order chi connectivity index (χ0) is 14.9. The van der Waals surface area contributed by atoms with E-state index in [1.54, 1.807) is 11.3 Å². The van der Waals surface area contributed by atoms with Crippen LogP contribution in [0, 0.1) is 0 Å². The van der Waals surface area contributed by atoms with Gasteiger partial charge in [0.2, 0.25) is 5.95 Å². The number of rotatable bonds is 5. The van der Waals surface area contributed by atoms with Crippen LogP contribution in [0.15, 0.2) is 16.8 Å². The zero-order valence-electron chi connectivity index (χ0n) is 12.8. The Morgan fingerprint density at radius 2 is 2.32 bits per heavy atom. The summed E-state index contributed by atoms with van der Waals surface area (Å²) < 4.78 is 7.67. The predicted molar refractivity (Wildman–Crippen MR) is 85.1 cm³/mol. The Kier molecular flexibility index (Phi) is 3.83. The van der Waals surface area contributed by atoms with Crippen LogP contribution in [0.25, 0.3) is 0 Å². The summed E-state index contributed by atoms with van der Waals surface area (Å²) in [4.78, 5) is 2.37. The topological polar surface area (TPSA) is 56.1 Å². The monoisotopic (exact) mass is 319 g/mol. The first-order valence-corrected chi connectivity index (χ1v) is 8.99. The minimum Gasteiger partial charge on any atom is -0.378 e. The second-order valence-electron chi connectivity index (χ2n) is 6.03. The Labute approximate surface area is 134 Å². The summed E-state index contributed by atoms with van der Waals surface area (Å²) in [7, 11) is 0. The second-order valence-corrected chi connectivity index (χ2v) is 6.81. The quantitative estimate of drug-likeness (QED) is 0.848. The van der Waals surface area contributed by atoms with E-state index in [1.807, 2.05) is 11.6 Å². The van der Waals surface area contributed by atoms with Crippen LogP contribution in [0.5, 0.6) is 0 Å². The molecule has 2 fully saturated rings. The lowest BCUT2D eigenvalue weighted by Gasteiger charge is -2.36. The Bertz CT molecular complexity index is 607. The van der Waals surface area contributed by atoms with Gasteiger partial charge in [0.25, 0.3) is 0 Å². The van der Waals surface area contributed by atoms with Gasteiger partial charge in [-0.3, -0.25) is 0 Å². The van der Waals surface area contributed by atoms with Gasteiger partial charge in [-0.2, -0.15) is 11.3 Å². The van der Waals surface area contributed by atoms with Crippen LogP contribution in [-0.2, 0) is 4.74 Å². The number of hydrogen-bond acceptors (Lipinski definition) is 6. The van der Waals surface area contributed by atoms with Crippen LogP contribution < -0.4 is 4.90 Å². The molecule has 1 aliphatic heterocycles. The van der Waals surface area contributed by atoms with Crippen molar-refractivity contribution in [3.8, 4) is 0 Å². The molecule has 0 aromatic carbocycles. The predicted octanol–water partition coefficient (Wildman–Crippen LogP) is 2.82. The molecule has 0 spiro atoms. The molecule has 2 aromatic rings. The van der Waals surface area contributed by atoms with Gasteiger partial charge in [0.05, 0.1) is 18.2 Å². The smallest absolute Gasteiger partial charge is 0.246 e. The molecule has 1 unspecified atom stereocenters. The first kappa shape index (κ1) is 14.1. The molecule has 0 amide bonds. The third-order valence-corrected chi connectivity index (χ3v) is 5.43. The molecular weight excluding hydrogens is 298 g/mol. The lowest BCUT2D eigenvalue weighted by Crippen LogP contribution is -2.36. The van der Waals surface area contributed by atoms with Gasteiger partial charge in [0.1, 0.15) is 0 Å². The first-order valence-electron chi connectivity index (χ1n) is 8.05. The SMILES string of the molecule is CCOC1CC(n2nnnc2N2CCCC2c2ccsc2)C1. The molecule has 0 N–H and O–H groups in total.